The predicted molar refractivity (Wildman–Crippen MR) is 102 cm³/mol. The first-order valence-corrected chi connectivity index (χ1v) is 11.7. The average molecular weight is 346 g/mol. The summed E-state index contributed by atoms with van der Waals surface area (Å²) in [5.41, 5.74) is 0.946. The fraction of sp³-hybridized carbons (Fsp3) is 0.550. The maximum Gasteiger partial charge on any atom is 0.255 e. The number of rotatable bonds is 5. The fourth-order valence-corrected chi connectivity index (χ4v) is 4.00. The molecule has 1 saturated heterocycles. The molecule has 1 aliphatic rings. The molecule has 3 nitrogen and oxygen atoms in total. The quantitative estimate of drug-likeness (QED) is 0.559. The Morgan fingerprint density at radius 2 is 1.96 bits per heavy atom. The Kier molecular flexibility index (Phi) is 5.71. The van der Waals surface area contributed by atoms with Crippen LogP contribution in [0.2, 0.25) is 18.1 Å². The minimum atomic E-state index is -2.07. The van der Waals surface area contributed by atoms with Crippen LogP contribution in [0.3, 0.4) is 0 Å². The van der Waals surface area contributed by atoms with Crippen molar-refractivity contribution >= 4 is 14.2 Å². The van der Waals surface area contributed by atoms with E-state index >= 15 is 0 Å². The Morgan fingerprint density at radius 3 is 2.50 bits per heavy atom. The average Bonchev–Trinajstić information content (AvgIpc) is 3.00. The minimum Gasteiger partial charge on any atom is -0.402 e. The summed E-state index contributed by atoms with van der Waals surface area (Å²) in [6.45, 7) is 15.7. The van der Waals surface area contributed by atoms with Crippen LogP contribution in [0.15, 0.2) is 43.0 Å². The Labute approximate surface area is 147 Å². The lowest BCUT2D eigenvalue weighted by Crippen LogP contribution is -2.46. The second-order valence-electron chi connectivity index (χ2n) is 8.15. The SMILES string of the molecule is C=CC1CCCN1C(=O)C(O[Si](C)(C)C(C)(C)C)c1ccccc1. The van der Waals surface area contributed by atoms with Crippen LogP contribution in [0.1, 0.15) is 45.3 Å². The van der Waals surface area contributed by atoms with Gasteiger partial charge >= 0.3 is 0 Å². The predicted octanol–water partition coefficient (Wildman–Crippen LogP) is 4.93. The molecule has 1 aromatic rings. The molecule has 2 atom stereocenters. The number of carbonyl (C=O) groups excluding carboxylic acids is 1. The van der Waals surface area contributed by atoms with E-state index in [2.05, 4.69) is 40.4 Å². The minimum absolute atomic E-state index is 0.0587. The molecule has 1 aliphatic heterocycles. The van der Waals surface area contributed by atoms with Crippen LogP contribution in [0.25, 0.3) is 0 Å². The van der Waals surface area contributed by atoms with Gasteiger partial charge in [0.2, 0.25) is 0 Å². The summed E-state index contributed by atoms with van der Waals surface area (Å²) in [6.07, 6.45) is 3.40. The molecule has 1 fully saturated rings. The van der Waals surface area contributed by atoms with Crippen molar-refractivity contribution in [3.05, 3.63) is 48.6 Å². The van der Waals surface area contributed by atoms with Crippen molar-refractivity contribution < 1.29 is 9.22 Å². The first-order valence-electron chi connectivity index (χ1n) is 8.83. The summed E-state index contributed by atoms with van der Waals surface area (Å²) in [6, 6.07) is 10.0. The molecule has 1 aromatic carbocycles. The van der Waals surface area contributed by atoms with Crippen molar-refractivity contribution in [1.29, 1.82) is 0 Å². The Hall–Kier alpha value is -1.39. The molecule has 2 unspecified atom stereocenters. The van der Waals surface area contributed by atoms with Gasteiger partial charge in [-0.1, -0.05) is 57.2 Å². The number of hydrogen-bond acceptors (Lipinski definition) is 2. The van der Waals surface area contributed by atoms with Gasteiger partial charge in [0.05, 0.1) is 0 Å². The smallest absolute Gasteiger partial charge is 0.255 e. The molecule has 0 saturated carbocycles. The molecule has 0 radical (unpaired) electrons. The molecule has 0 spiro atoms. The van der Waals surface area contributed by atoms with Gasteiger partial charge in [0.1, 0.15) is 0 Å². The van der Waals surface area contributed by atoms with Gasteiger partial charge in [0.15, 0.2) is 14.4 Å². The molecule has 0 aliphatic carbocycles. The summed E-state index contributed by atoms with van der Waals surface area (Å²) >= 11 is 0. The highest BCUT2D eigenvalue weighted by molar-refractivity contribution is 6.74. The second kappa shape index (κ2) is 7.24. The third kappa shape index (κ3) is 3.98. The lowest BCUT2D eigenvalue weighted by molar-refractivity contribution is -0.139. The van der Waals surface area contributed by atoms with E-state index in [1.807, 2.05) is 41.3 Å². The fourth-order valence-electron chi connectivity index (χ4n) is 2.82. The van der Waals surface area contributed by atoms with Crippen LogP contribution in [-0.4, -0.2) is 31.7 Å². The highest BCUT2D eigenvalue weighted by Gasteiger charge is 2.43. The zero-order valence-corrected chi connectivity index (χ0v) is 16.7. The molecule has 1 amide bonds. The van der Waals surface area contributed by atoms with Gasteiger partial charge in [0.25, 0.3) is 5.91 Å². The van der Waals surface area contributed by atoms with Crippen molar-refractivity contribution in [2.24, 2.45) is 0 Å². The number of amides is 1. The summed E-state index contributed by atoms with van der Waals surface area (Å²) < 4.78 is 6.57. The zero-order chi connectivity index (χ0) is 18.0. The molecular formula is C20H31NO2Si. The molecule has 24 heavy (non-hydrogen) atoms. The van der Waals surface area contributed by atoms with Crippen molar-refractivity contribution in [2.75, 3.05) is 6.54 Å². The van der Waals surface area contributed by atoms with E-state index in [1.54, 1.807) is 0 Å². The van der Waals surface area contributed by atoms with Crippen molar-refractivity contribution in [3.8, 4) is 0 Å². The van der Waals surface area contributed by atoms with Crippen LogP contribution in [-0.2, 0) is 9.22 Å². The number of carbonyl (C=O) groups is 1. The van der Waals surface area contributed by atoms with Crippen LogP contribution >= 0.6 is 0 Å². The van der Waals surface area contributed by atoms with Gasteiger partial charge in [-0.25, -0.2) is 0 Å². The standard InChI is InChI=1S/C20H31NO2Si/c1-7-17-14-11-15-21(17)19(22)18(16-12-9-8-10-13-16)23-24(5,6)20(2,3)4/h7-10,12-13,17-18H,1,11,14-15H2,2-6H3. The van der Waals surface area contributed by atoms with Gasteiger partial charge in [-0.2, -0.15) is 0 Å². The summed E-state index contributed by atoms with van der Waals surface area (Å²) in [5.74, 6) is 0.0772. The Balaban J connectivity index is 2.34. The van der Waals surface area contributed by atoms with Gasteiger partial charge in [-0.3, -0.25) is 4.79 Å². The van der Waals surface area contributed by atoms with Crippen molar-refractivity contribution in [3.63, 3.8) is 0 Å². The highest BCUT2D eigenvalue weighted by atomic mass is 28.4. The van der Waals surface area contributed by atoms with Crippen LogP contribution < -0.4 is 0 Å². The number of benzene rings is 1. The molecule has 0 aromatic heterocycles. The van der Waals surface area contributed by atoms with E-state index in [4.69, 9.17) is 4.43 Å². The van der Waals surface area contributed by atoms with Crippen molar-refractivity contribution in [2.45, 2.75) is 63.9 Å². The molecule has 0 bridgehead atoms. The second-order valence-corrected chi connectivity index (χ2v) is 12.9. The number of nitrogens with zero attached hydrogens (tertiary/aromatic N) is 1. The normalized spacial score (nSPS) is 20.0. The number of hydrogen-bond donors (Lipinski definition) is 0. The molecule has 2 rings (SSSR count). The summed E-state index contributed by atoms with van der Waals surface area (Å²) in [4.78, 5) is 15.2. The largest absolute Gasteiger partial charge is 0.402 e. The molecule has 0 N–H and O–H groups in total. The molecule has 4 heteroatoms. The van der Waals surface area contributed by atoms with Crippen LogP contribution in [0, 0.1) is 0 Å². The first-order chi connectivity index (χ1) is 11.2. The van der Waals surface area contributed by atoms with Gasteiger partial charge in [-0.05, 0) is 36.5 Å². The Bertz CT molecular complexity index is 577. The lowest BCUT2D eigenvalue weighted by Gasteiger charge is -2.40. The number of likely N-dealkylation sites (tertiary alicyclic amines) is 1. The Morgan fingerprint density at radius 1 is 1.33 bits per heavy atom. The summed E-state index contributed by atoms with van der Waals surface area (Å²) in [7, 11) is -2.07. The topological polar surface area (TPSA) is 29.5 Å². The monoisotopic (exact) mass is 345 g/mol. The zero-order valence-electron chi connectivity index (χ0n) is 15.7. The third-order valence-corrected chi connectivity index (χ3v) is 9.84. The van der Waals surface area contributed by atoms with E-state index in [0.29, 0.717) is 0 Å². The third-order valence-electron chi connectivity index (χ3n) is 5.40. The lowest BCUT2D eigenvalue weighted by atomic mass is 10.1. The van der Waals surface area contributed by atoms with Gasteiger partial charge < -0.3 is 9.33 Å². The van der Waals surface area contributed by atoms with E-state index in [9.17, 15) is 4.79 Å². The maximum atomic E-state index is 13.3. The van der Waals surface area contributed by atoms with Crippen molar-refractivity contribution in [1.82, 2.24) is 4.90 Å². The van der Waals surface area contributed by atoms with E-state index in [1.165, 1.54) is 0 Å². The molecule has 132 valence electrons. The van der Waals surface area contributed by atoms with Crippen LogP contribution in [0.4, 0.5) is 0 Å². The molecular weight excluding hydrogens is 314 g/mol. The molecule has 1 heterocycles. The highest BCUT2D eigenvalue weighted by Crippen LogP contribution is 2.40. The maximum absolute atomic E-state index is 13.3. The first kappa shape index (κ1) is 18.9. The van der Waals surface area contributed by atoms with E-state index < -0.39 is 14.4 Å². The van der Waals surface area contributed by atoms with Crippen LogP contribution in [0.5, 0.6) is 0 Å². The summed E-state index contributed by atoms with van der Waals surface area (Å²) in [5, 5.41) is 0.0587. The van der Waals surface area contributed by atoms with Gasteiger partial charge in [-0.15, -0.1) is 6.58 Å². The van der Waals surface area contributed by atoms with E-state index in [-0.39, 0.29) is 17.0 Å². The van der Waals surface area contributed by atoms with Gasteiger partial charge in [0, 0.05) is 12.6 Å². The van der Waals surface area contributed by atoms with E-state index in [0.717, 1.165) is 24.9 Å².